The maximum Gasteiger partial charge on any atom is 0.227 e. The summed E-state index contributed by atoms with van der Waals surface area (Å²) in [5, 5.41) is 12.6. The Morgan fingerprint density at radius 1 is 1.24 bits per heavy atom. The van der Waals surface area contributed by atoms with Crippen LogP contribution in [0.3, 0.4) is 0 Å². The van der Waals surface area contributed by atoms with Gasteiger partial charge in [0.15, 0.2) is 0 Å². The van der Waals surface area contributed by atoms with E-state index in [1.54, 1.807) is 0 Å². The fourth-order valence-corrected chi connectivity index (χ4v) is 5.21. The summed E-state index contributed by atoms with van der Waals surface area (Å²) in [5.41, 5.74) is 2.06. The summed E-state index contributed by atoms with van der Waals surface area (Å²) >= 11 is 1.39. The summed E-state index contributed by atoms with van der Waals surface area (Å²) < 4.78 is 0. The number of nitrogens with zero attached hydrogens (tertiary/aromatic N) is 3. The van der Waals surface area contributed by atoms with Crippen LogP contribution in [0.1, 0.15) is 67.9 Å². The first kappa shape index (κ1) is 20.0. The number of anilines is 2. The van der Waals surface area contributed by atoms with E-state index in [-0.39, 0.29) is 17.7 Å². The predicted octanol–water partition coefficient (Wildman–Crippen LogP) is 4.67. The molecule has 0 radical (unpaired) electrons. The van der Waals surface area contributed by atoms with Crippen LogP contribution in [0.15, 0.2) is 24.3 Å². The van der Waals surface area contributed by atoms with Gasteiger partial charge in [-0.3, -0.25) is 9.59 Å². The van der Waals surface area contributed by atoms with Crippen LogP contribution in [0.4, 0.5) is 10.8 Å². The molecule has 2 fully saturated rings. The highest BCUT2D eigenvalue weighted by atomic mass is 32.1. The fraction of sp³-hybridized carbons (Fsp3) is 0.545. The molecule has 4 rings (SSSR count). The molecular formula is C22H28N4O2S. The molecule has 154 valence electrons. The minimum absolute atomic E-state index is 0.0159. The number of benzene rings is 1. The van der Waals surface area contributed by atoms with Crippen molar-refractivity contribution in [3.05, 3.63) is 34.8 Å². The van der Waals surface area contributed by atoms with Gasteiger partial charge in [0.2, 0.25) is 16.9 Å². The topological polar surface area (TPSA) is 75.2 Å². The molecule has 1 aliphatic heterocycles. The Bertz CT molecular complexity index is 875. The zero-order valence-electron chi connectivity index (χ0n) is 16.9. The van der Waals surface area contributed by atoms with Crippen LogP contribution in [0.5, 0.6) is 0 Å². The summed E-state index contributed by atoms with van der Waals surface area (Å²) in [4.78, 5) is 26.6. The van der Waals surface area contributed by atoms with Crippen molar-refractivity contribution in [2.24, 2.45) is 5.92 Å². The number of hydrogen-bond donors (Lipinski definition) is 1. The lowest BCUT2D eigenvalue weighted by atomic mass is 9.86. The molecule has 1 atom stereocenters. The normalized spacial score (nSPS) is 20.2. The van der Waals surface area contributed by atoms with E-state index in [9.17, 15) is 9.59 Å². The molecule has 2 amide bonds. The number of carbonyl (C=O) groups excluding carboxylic acids is 2. The van der Waals surface area contributed by atoms with E-state index in [0.29, 0.717) is 30.4 Å². The second-order valence-electron chi connectivity index (χ2n) is 8.28. The van der Waals surface area contributed by atoms with Gasteiger partial charge in [0.05, 0.1) is 0 Å². The Morgan fingerprint density at radius 3 is 2.86 bits per heavy atom. The van der Waals surface area contributed by atoms with E-state index in [0.717, 1.165) is 22.7 Å². The van der Waals surface area contributed by atoms with Gasteiger partial charge in [-0.25, -0.2) is 0 Å². The predicted molar refractivity (Wildman–Crippen MR) is 115 cm³/mol. The SMILES string of the molecule is Cc1cccc(N2CC(c3nnc(NC(=O)CCC4CCCCC4)s3)CC2=O)c1. The van der Waals surface area contributed by atoms with Crippen LogP contribution in [-0.4, -0.2) is 28.6 Å². The molecule has 2 aliphatic rings. The largest absolute Gasteiger partial charge is 0.312 e. The minimum Gasteiger partial charge on any atom is -0.312 e. The van der Waals surface area contributed by atoms with Crippen molar-refractivity contribution in [3.63, 3.8) is 0 Å². The standard InChI is InChI=1S/C22H28N4O2S/c1-15-6-5-9-18(12-15)26-14-17(13-20(26)28)21-24-25-22(29-21)23-19(27)11-10-16-7-3-2-4-8-16/h5-6,9,12,16-17H,2-4,7-8,10-11,13-14H2,1H3,(H,23,25,27). The van der Waals surface area contributed by atoms with E-state index in [1.807, 2.05) is 36.1 Å². The molecule has 1 saturated carbocycles. The van der Waals surface area contributed by atoms with Crippen molar-refractivity contribution in [2.75, 3.05) is 16.8 Å². The number of carbonyl (C=O) groups is 2. The summed E-state index contributed by atoms with van der Waals surface area (Å²) in [6, 6.07) is 7.98. The van der Waals surface area contributed by atoms with Crippen LogP contribution in [0.25, 0.3) is 0 Å². The van der Waals surface area contributed by atoms with Crippen LogP contribution in [0, 0.1) is 12.8 Å². The van der Waals surface area contributed by atoms with Gasteiger partial charge >= 0.3 is 0 Å². The third kappa shape index (κ3) is 5.01. The Labute approximate surface area is 175 Å². The van der Waals surface area contributed by atoms with Crippen LogP contribution < -0.4 is 10.2 Å². The van der Waals surface area contributed by atoms with Crippen LogP contribution >= 0.6 is 11.3 Å². The minimum atomic E-state index is 0.0159. The molecule has 1 unspecified atom stereocenters. The van der Waals surface area contributed by atoms with E-state index in [4.69, 9.17) is 0 Å². The zero-order valence-corrected chi connectivity index (χ0v) is 17.7. The summed E-state index contributed by atoms with van der Waals surface area (Å²) in [6.07, 6.45) is 8.37. The number of hydrogen-bond acceptors (Lipinski definition) is 5. The molecule has 6 nitrogen and oxygen atoms in total. The van der Waals surface area contributed by atoms with Gasteiger partial charge in [-0.05, 0) is 37.0 Å². The third-order valence-corrected chi connectivity index (χ3v) is 6.98. The van der Waals surface area contributed by atoms with Gasteiger partial charge in [-0.2, -0.15) is 0 Å². The summed E-state index contributed by atoms with van der Waals surface area (Å²) in [7, 11) is 0. The molecule has 0 bridgehead atoms. The quantitative estimate of drug-likeness (QED) is 0.748. The first-order valence-corrected chi connectivity index (χ1v) is 11.4. The monoisotopic (exact) mass is 412 g/mol. The molecule has 1 aliphatic carbocycles. The van der Waals surface area contributed by atoms with Gasteiger partial charge in [0, 0.05) is 31.0 Å². The average Bonchev–Trinajstić information content (AvgIpc) is 3.34. The van der Waals surface area contributed by atoms with Crippen molar-refractivity contribution < 1.29 is 9.59 Å². The Morgan fingerprint density at radius 2 is 2.07 bits per heavy atom. The number of rotatable bonds is 6. The summed E-state index contributed by atoms with van der Waals surface area (Å²) in [6.45, 7) is 2.63. The lowest BCUT2D eigenvalue weighted by Crippen LogP contribution is -2.24. The Hall–Kier alpha value is -2.28. The molecule has 29 heavy (non-hydrogen) atoms. The smallest absolute Gasteiger partial charge is 0.227 e. The van der Waals surface area contributed by atoms with E-state index >= 15 is 0 Å². The lowest BCUT2D eigenvalue weighted by molar-refractivity contribution is -0.117. The highest BCUT2D eigenvalue weighted by molar-refractivity contribution is 7.15. The van der Waals surface area contributed by atoms with Crippen molar-refractivity contribution >= 4 is 34.0 Å². The second-order valence-corrected chi connectivity index (χ2v) is 9.29. The first-order chi connectivity index (χ1) is 14.1. The Kier molecular flexibility index (Phi) is 6.23. The third-order valence-electron chi connectivity index (χ3n) is 5.98. The summed E-state index contributed by atoms with van der Waals surface area (Å²) in [5.74, 6) is 0.834. The van der Waals surface area contributed by atoms with E-state index in [2.05, 4.69) is 15.5 Å². The lowest BCUT2D eigenvalue weighted by Gasteiger charge is -2.20. The molecule has 1 saturated heterocycles. The highest BCUT2D eigenvalue weighted by Gasteiger charge is 2.34. The zero-order chi connectivity index (χ0) is 20.2. The van der Waals surface area contributed by atoms with Gasteiger partial charge in [0.1, 0.15) is 5.01 Å². The molecular weight excluding hydrogens is 384 g/mol. The molecule has 1 N–H and O–H groups in total. The van der Waals surface area contributed by atoms with Crippen molar-refractivity contribution in [3.8, 4) is 0 Å². The fourth-order valence-electron chi connectivity index (χ4n) is 4.36. The van der Waals surface area contributed by atoms with Gasteiger partial charge in [-0.15, -0.1) is 10.2 Å². The van der Waals surface area contributed by atoms with Gasteiger partial charge < -0.3 is 10.2 Å². The maximum atomic E-state index is 12.5. The van der Waals surface area contributed by atoms with Gasteiger partial charge in [0.25, 0.3) is 0 Å². The maximum absolute atomic E-state index is 12.5. The number of amides is 2. The van der Waals surface area contributed by atoms with E-state index < -0.39 is 0 Å². The molecule has 2 aromatic rings. The molecule has 1 aromatic heterocycles. The average molecular weight is 413 g/mol. The highest BCUT2D eigenvalue weighted by Crippen LogP contribution is 2.34. The number of nitrogens with one attached hydrogen (secondary N) is 1. The molecule has 1 aromatic carbocycles. The molecule has 0 spiro atoms. The van der Waals surface area contributed by atoms with Crippen molar-refractivity contribution in [1.82, 2.24) is 10.2 Å². The van der Waals surface area contributed by atoms with Crippen LogP contribution in [0.2, 0.25) is 0 Å². The van der Waals surface area contributed by atoms with Crippen LogP contribution in [-0.2, 0) is 9.59 Å². The molecule has 2 heterocycles. The number of aromatic nitrogens is 2. The Balaban J connectivity index is 1.31. The van der Waals surface area contributed by atoms with Crippen molar-refractivity contribution in [2.45, 2.75) is 64.2 Å². The number of aryl methyl sites for hydroxylation is 1. The first-order valence-electron chi connectivity index (χ1n) is 10.6. The van der Waals surface area contributed by atoms with E-state index in [1.165, 1.54) is 43.4 Å². The second kappa shape index (κ2) is 9.03. The van der Waals surface area contributed by atoms with Crippen molar-refractivity contribution in [1.29, 1.82) is 0 Å². The van der Waals surface area contributed by atoms with Gasteiger partial charge in [-0.1, -0.05) is 55.6 Å². The molecule has 7 heteroatoms.